The van der Waals surface area contributed by atoms with Crippen LogP contribution in [0, 0.1) is 5.82 Å². The molecule has 1 unspecified atom stereocenters. The molecule has 1 amide bonds. The van der Waals surface area contributed by atoms with Crippen LogP contribution in [0.5, 0.6) is 0 Å². The summed E-state index contributed by atoms with van der Waals surface area (Å²) >= 11 is 3.10. The second-order valence-corrected chi connectivity index (χ2v) is 7.28. The molecule has 18 heavy (non-hydrogen) atoms. The summed E-state index contributed by atoms with van der Waals surface area (Å²) in [6.45, 7) is 0. The maximum atomic E-state index is 12.9. The predicted octanol–water partition coefficient (Wildman–Crippen LogP) is 1.51. The van der Waals surface area contributed by atoms with E-state index in [-0.39, 0.29) is 17.5 Å². The number of nitrogens with one attached hydrogen (secondary N) is 1. The number of hydrogen-bond acceptors (Lipinski definition) is 3. The van der Waals surface area contributed by atoms with Gasteiger partial charge in [-0.3, -0.25) is 4.79 Å². The lowest BCUT2D eigenvalue weighted by molar-refractivity contribution is 0.0940. The highest BCUT2D eigenvalue weighted by molar-refractivity contribution is 9.10. The molecular weight excluding hydrogens is 325 g/mol. The van der Waals surface area contributed by atoms with Gasteiger partial charge in [-0.15, -0.1) is 0 Å². The molecule has 1 aromatic rings. The van der Waals surface area contributed by atoms with E-state index in [1.54, 1.807) is 0 Å². The molecule has 1 aliphatic rings. The van der Waals surface area contributed by atoms with E-state index in [0.717, 1.165) is 0 Å². The zero-order valence-electron chi connectivity index (χ0n) is 9.32. The van der Waals surface area contributed by atoms with Gasteiger partial charge >= 0.3 is 0 Å². The number of carbonyl (C=O) groups excluding carboxylic acids is 1. The normalized spacial score (nSPS) is 21.8. The van der Waals surface area contributed by atoms with Crippen molar-refractivity contribution in [3.05, 3.63) is 34.1 Å². The number of carbonyl (C=O) groups is 1. The van der Waals surface area contributed by atoms with Gasteiger partial charge in [0.2, 0.25) is 0 Å². The van der Waals surface area contributed by atoms with Crippen molar-refractivity contribution in [3.8, 4) is 0 Å². The van der Waals surface area contributed by atoms with Crippen molar-refractivity contribution in [2.24, 2.45) is 0 Å². The molecular formula is C11H11BrFNO3S. The van der Waals surface area contributed by atoms with E-state index in [1.165, 1.54) is 18.2 Å². The van der Waals surface area contributed by atoms with Crippen molar-refractivity contribution in [1.29, 1.82) is 0 Å². The van der Waals surface area contributed by atoms with E-state index in [1.807, 2.05) is 0 Å². The minimum absolute atomic E-state index is 0.0302. The van der Waals surface area contributed by atoms with Crippen LogP contribution in [0.3, 0.4) is 0 Å². The van der Waals surface area contributed by atoms with Crippen molar-refractivity contribution in [3.63, 3.8) is 0 Å². The van der Waals surface area contributed by atoms with Gasteiger partial charge in [0.25, 0.3) is 5.91 Å². The van der Waals surface area contributed by atoms with Crippen LogP contribution >= 0.6 is 15.9 Å². The van der Waals surface area contributed by atoms with Crippen LogP contribution in [0.15, 0.2) is 22.7 Å². The highest BCUT2D eigenvalue weighted by atomic mass is 79.9. The molecule has 0 saturated carbocycles. The first-order valence-electron chi connectivity index (χ1n) is 5.34. The van der Waals surface area contributed by atoms with Crippen LogP contribution in [0.25, 0.3) is 0 Å². The van der Waals surface area contributed by atoms with Crippen molar-refractivity contribution in [1.82, 2.24) is 5.32 Å². The molecule has 1 fully saturated rings. The van der Waals surface area contributed by atoms with E-state index < -0.39 is 21.6 Å². The van der Waals surface area contributed by atoms with E-state index >= 15 is 0 Å². The van der Waals surface area contributed by atoms with Crippen LogP contribution in [0.2, 0.25) is 0 Å². The lowest BCUT2D eigenvalue weighted by Crippen LogP contribution is -2.35. The first-order chi connectivity index (χ1) is 8.37. The van der Waals surface area contributed by atoms with E-state index in [9.17, 15) is 17.6 Å². The molecule has 1 aliphatic heterocycles. The third kappa shape index (κ3) is 3.08. The first-order valence-corrected chi connectivity index (χ1v) is 7.95. The average Bonchev–Trinajstić information content (AvgIpc) is 2.57. The fourth-order valence-corrected chi connectivity index (χ4v) is 4.05. The summed E-state index contributed by atoms with van der Waals surface area (Å²) in [5, 5.41) is 2.64. The highest BCUT2D eigenvalue weighted by Crippen LogP contribution is 2.19. The molecule has 7 heteroatoms. The molecule has 1 saturated heterocycles. The Labute approximate surface area is 113 Å². The van der Waals surface area contributed by atoms with Crippen LogP contribution < -0.4 is 5.32 Å². The lowest BCUT2D eigenvalue weighted by Gasteiger charge is -2.11. The molecule has 0 aliphatic carbocycles. The smallest absolute Gasteiger partial charge is 0.252 e. The summed E-state index contributed by atoms with van der Waals surface area (Å²) in [6.07, 6.45) is 0.423. The molecule has 1 heterocycles. The van der Waals surface area contributed by atoms with E-state index in [2.05, 4.69) is 21.2 Å². The van der Waals surface area contributed by atoms with Gasteiger partial charge in [-0.25, -0.2) is 12.8 Å². The van der Waals surface area contributed by atoms with Gasteiger partial charge in [0.05, 0.1) is 17.1 Å². The Hall–Kier alpha value is -0.950. The Morgan fingerprint density at radius 3 is 2.72 bits per heavy atom. The van der Waals surface area contributed by atoms with E-state index in [0.29, 0.717) is 16.5 Å². The van der Waals surface area contributed by atoms with Crippen molar-refractivity contribution in [2.45, 2.75) is 12.5 Å². The van der Waals surface area contributed by atoms with Gasteiger partial charge in [0, 0.05) is 10.5 Å². The third-order valence-corrected chi connectivity index (χ3v) is 5.17. The number of rotatable bonds is 2. The minimum Gasteiger partial charge on any atom is -0.348 e. The lowest BCUT2D eigenvalue weighted by atomic mass is 10.2. The van der Waals surface area contributed by atoms with Gasteiger partial charge in [-0.05, 0) is 40.5 Å². The average molecular weight is 336 g/mol. The van der Waals surface area contributed by atoms with E-state index in [4.69, 9.17) is 0 Å². The van der Waals surface area contributed by atoms with Crippen molar-refractivity contribution in [2.75, 3.05) is 11.5 Å². The topological polar surface area (TPSA) is 63.2 Å². The quantitative estimate of drug-likeness (QED) is 0.890. The molecule has 2 rings (SSSR count). The molecule has 1 aromatic carbocycles. The first kappa shape index (κ1) is 13.5. The van der Waals surface area contributed by atoms with Crippen LogP contribution in [-0.2, 0) is 9.84 Å². The fourth-order valence-electron chi connectivity index (χ4n) is 1.85. The fraction of sp³-hybridized carbons (Fsp3) is 0.364. The zero-order valence-corrected chi connectivity index (χ0v) is 11.7. The van der Waals surface area contributed by atoms with Gasteiger partial charge < -0.3 is 5.32 Å². The number of amides is 1. The van der Waals surface area contributed by atoms with Crippen molar-refractivity contribution >= 4 is 31.7 Å². The summed E-state index contributed by atoms with van der Waals surface area (Å²) in [4.78, 5) is 11.9. The monoisotopic (exact) mass is 335 g/mol. The Kier molecular flexibility index (Phi) is 3.72. The minimum atomic E-state index is -3.03. The standard InChI is InChI=1S/C11H11BrFNO3S/c12-10-5-7(13)1-2-9(10)11(15)14-8-3-4-18(16,17)6-8/h1-2,5,8H,3-4,6H2,(H,14,15). The Balaban J connectivity index is 2.09. The van der Waals surface area contributed by atoms with Gasteiger partial charge in [0.15, 0.2) is 9.84 Å². The molecule has 98 valence electrons. The van der Waals surface area contributed by atoms with Gasteiger partial charge in [-0.2, -0.15) is 0 Å². The van der Waals surface area contributed by atoms with Gasteiger partial charge in [-0.1, -0.05) is 0 Å². The number of halogens is 2. The summed E-state index contributed by atoms with van der Waals surface area (Å²) < 4.78 is 35.7. The zero-order chi connectivity index (χ0) is 13.3. The summed E-state index contributed by atoms with van der Waals surface area (Å²) in [5.41, 5.74) is 0.292. The summed E-state index contributed by atoms with van der Waals surface area (Å²) in [7, 11) is -3.03. The maximum Gasteiger partial charge on any atom is 0.252 e. The molecule has 4 nitrogen and oxygen atoms in total. The number of hydrogen-bond donors (Lipinski definition) is 1. The van der Waals surface area contributed by atoms with Crippen LogP contribution in [-0.4, -0.2) is 31.9 Å². The van der Waals surface area contributed by atoms with Gasteiger partial charge in [0.1, 0.15) is 5.82 Å². The Morgan fingerprint density at radius 1 is 1.44 bits per heavy atom. The maximum absolute atomic E-state index is 12.9. The SMILES string of the molecule is O=C(NC1CCS(=O)(=O)C1)c1ccc(F)cc1Br. The van der Waals surface area contributed by atoms with Crippen LogP contribution in [0.4, 0.5) is 4.39 Å². The molecule has 0 bridgehead atoms. The molecule has 1 N–H and O–H groups in total. The molecule has 0 aromatic heterocycles. The highest BCUT2D eigenvalue weighted by Gasteiger charge is 2.29. The summed E-state index contributed by atoms with van der Waals surface area (Å²) in [6, 6.07) is 3.38. The second-order valence-electron chi connectivity index (χ2n) is 4.20. The molecule has 0 spiro atoms. The predicted molar refractivity (Wildman–Crippen MR) is 68.6 cm³/mol. The Morgan fingerprint density at radius 2 is 2.17 bits per heavy atom. The summed E-state index contributed by atoms with van der Waals surface area (Å²) in [5.74, 6) is -0.772. The molecule has 0 radical (unpaired) electrons. The Bertz CT molecular complexity index is 588. The largest absolute Gasteiger partial charge is 0.348 e. The number of sulfone groups is 1. The van der Waals surface area contributed by atoms with Crippen LogP contribution in [0.1, 0.15) is 16.8 Å². The molecule has 1 atom stereocenters. The third-order valence-electron chi connectivity index (χ3n) is 2.74. The number of benzene rings is 1. The van der Waals surface area contributed by atoms with Crippen molar-refractivity contribution < 1.29 is 17.6 Å². The second kappa shape index (κ2) is 4.97.